The van der Waals surface area contributed by atoms with E-state index in [1.54, 1.807) is 25.1 Å². The fourth-order valence-electron chi connectivity index (χ4n) is 3.73. The van der Waals surface area contributed by atoms with Crippen LogP contribution in [0.3, 0.4) is 0 Å². The summed E-state index contributed by atoms with van der Waals surface area (Å²) in [6, 6.07) is 16.9. The molecule has 0 aliphatic heterocycles. The first-order valence-corrected chi connectivity index (χ1v) is 10.1. The fourth-order valence-corrected chi connectivity index (χ4v) is 3.73. The molecule has 0 bridgehead atoms. The molecule has 0 aliphatic rings. The molecule has 0 saturated carbocycles. The van der Waals surface area contributed by atoms with Crippen molar-refractivity contribution in [2.24, 2.45) is 5.92 Å². The minimum Gasteiger partial charge on any atom is -0.294 e. The van der Waals surface area contributed by atoms with Crippen LogP contribution in [0.1, 0.15) is 71.6 Å². The third-order valence-corrected chi connectivity index (χ3v) is 5.57. The van der Waals surface area contributed by atoms with Crippen molar-refractivity contribution in [3.8, 4) is 11.1 Å². The molecule has 0 aromatic heterocycles. The molecule has 0 spiro atoms. The summed E-state index contributed by atoms with van der Waals surface area (Å²) >= 11 is 0. The number of benzene rings is 3. The van der Waals surface area contributed by atoms with Gasteiger partial charge in [-0.15, -0.1) is 0 Å². The van der Waals surface area contributed by atoms with E-state index < -0.39 is 0 Å². The Morgan fingerprint density at radius 2 is 1.41 bits per heavy atom. The fraction of sp³-hybridized carbons (Fsp3) is 0.269. The molecule has 0 aliphatic carbocycles. The summed E-state index contributed by atoms with van der Waals surface area (Å²) in [5.74, 6) is -0.264. The number of hydrogen-bond acceptors (Lipinski definition) is 3. The topological polar surface area (TPSA) is 51.2 Å². The third kappa shape index (κ3) is 3.77. The van der Waals surface area contributed by atoms with Crippen molar-refractivity contribution in [3.05, 3.63) is 71.3 Å². The second kappa shape index (κ2) is 8.52. The lowest BCUT2D eigenvalue weighted by atomic mass is 9.84. The van der Waals surface area contributed by atoms with Crippen LogP contribution in [0.5, 0.6) is 0 Å². The van der Waals surface area contributed by atoms with Crippen LogP contribution in [0.2, 0.25) is 0 Å². The SMILES string of the molecule is CCC(=O)c1ccc(C(=O)C(C)CC)c2c(-c3ccccc3)ccc(C(C)=O)c12. The van der Waals surface area contributed by atoms with E-state index in [9.17, 15) is 14.4 Å². The van der Waals surface area contributed by atoms with Crippen molar-refractivity contribution in [1.82, 2.24) is 0 Å². The van der Waals surface area contributed by atoms with Crippen LogP contribution in [-0.2, 0) is 0 Å². The lowest BCUT2D eigenvalue weighted by molar-refractivity contribution is 0.0926. The molecule has 3 rings (SSSR count). The minimum absolute atomic E-state index is 0.0332. The van der Waals surface area contributed by atoms with Crippen LogP contribution >= 0.6 is 0 Å². The molecule has 0 N–H and O–H groups in total. The van der Waals surface area contributed by atoms with Gasteiger partial charge in [-0.3, -0.25) is 14.4 Å². The van der Waals surface area contributed by atoms with Crippen molar-refractivity contribution in [2.45, 2.75) is 40.5 Å². The van der Waals surface area contributed by atoms with Crippen molar-refractivity contribution >= 4 is 28.1 Å². The Kier molecular flexibility index (Phi) is 6.07. The number of Topliss-reactive ketones (excluding diaryl/α,β-unsaturated/α-hetero) is 3. The molecule has 3 aromatic rings. The monoisotopic (exact) mass is 386 g/mol. The molecule has 1 unspecified atom stereocenters. The van der Waals surface area contributed by atoms with Crippen LogP contribution in [-0.4, -0.2) is 17.3 Å². The van der Waals surface area contributed by atoms with E-state index in [0.717, 1.165) is 17.5 Å². The Balaban J connectivity index is 2.52. The zero-order chi connectivity index (χ0) is 21.1. The number of carbonyl (C=O) groups is 3. The van der Waals surface area contributed by atoms with Gasteiger partial charge in [0, 0.05) is 39.8 Å². The smallest absolute Gasteiger partial charge is 0.166 e. The molecule has 148 valence electrons. The minimum atomic E-state index is -0.143. The number of rotatable bonds is 7. The summed E-state index contributed by atoms with van der Waals surface area (Å²) in [6.45, 7) is 7.20. The van der Waals surface area contributed by atoms with E-state index in [4.69, 9.17) is 0 Å². The van der Waals surface area contributed by atoms with Crippen molar-refractivity contribution < 1.29 is 14.4 Å². The van der Waals surface area contributed by atoms with E-state index in [0.29, 0.717) is 33.9 Å². The zero-order valence-electron chi connectivity index (χ0n) is 17.4. The third-order valence-electron chi connectivity index (χ3n) is 5.57. The average Bonchev–Trinajstić information content (AvgIpc) is 2.76. The van der Waals surface area contributed by atoms with E-state index in [1.807, 2.05) is 50.2 Å². The van der Waals surface area contributed by atoms with Gasteiger partial charge in [-0.2, -0.15) is 0 Å². The second-order valence-electron chi connectivity index (χ2n) is 7.44. The van der Waals surface area contributed by atoms with Gasteiger partial charge in [-0.25, -0.2) is 0 Å². The molecule has 3 aromatic carbocycles. The van der Waals surface area contributed by atoms with Crippen molar-refractivity contribution in [2.75, 3.05) is 0 Å². The normalized spacial score (nSPS) is 12.0. The Morgan fingerprint density at radius 3 is 2.00 bits per heavy atom. The Bertz CT molecular complexity index is 1090. The first kappa shape index (κ1) is 20.7. The second-order valence-corrected chi connectivity index (χ2v) is 7.44. The standard InChI is InChI=1S/C26H26O3/c1-5-16(3)26(29)22-15-14-21(23(28)6-2)24-19(17(4)27)12-13-20(25(22)24)18-10-8-7-9-11-18/h7-16H,5-6H2,1-4H3. The molecule has 0 heterocycles. The summed E-state index contributed by atoms with van der Waals surface area (Å²) in [6.07, 6.45) is 1.06. The van der Waals surface area contributed by atoms with Crippen LogP contribution in [0.25, 0.3) is 21.9 Å². The van der Waals surface area contributed by atoms with Crippen molar-refractivity contribution in [3.63, 3.8) is 0 Å². The maximum absolute atomic E-state index is 13.2. The molecule has 0 amide bonds. The Hall–Kier alpha value is -3.07. The quantitative estimate of drug-likeness (QED) is 0.434. The van der Waals surface area contributed by atoms with Crippen molar-refractivity contribution in [1.29, 1.82) is 0 Å². The first-order valence-electron chi connectivity index (χ1n) is 10.1. The van der Waals surface area contributed by atoms with Gasteiger partial charge in [0.05, 0.1) is 0 Å². The highest BCUT2D eigenvalue weighted by atomic mass is 16.1. The van der Waals surface area contributed by atoms with Crippen LogP contribution in [0.4, 0.5) is 0 Å². The number of hydrogen-bond donors (Lipinski definition) is 0. The summed E-state index contributed by atoms with van der Waals surface area (Å²) in [7, 11) is 0. The van der Waals surface area contributed by atoms with Crippen LogP contribution in [0, 0.1) is 5.92 Å². The Morgan fingerprint density at radius 1 is 0.793 bits per heavy atom. The molecule has 3 heteroatoms. The highest BCUT2D eigenvalue weighted by molar-refractivity contribution is 6.24. The number of fused-ring (bicyclic) bond motifs is 1. The summed E-state index contributed by atoms with van der Waals surface area (Å²) in [5.41, 5.74) is 3.38. The van der Waals surface area contributed by atoms with Gasteiger partial charge in [0.1, 0.15) is 0 Å². The summed E-state index contributed by atoms with van der Waals surface area (Å²) in [4.78, 5) is 38.4. The van der Waals surface area contributed by atoms with E-state index in [2.05, 4.69) is 0 Å². The van der Waals surface area contributed by atoms with Crippen LogP contribution in [0.15, 0.2) is 54.6 Å². The summed E-state index contributed by atoms with van der Waals surface area (Å²) < 4.78 is 0. The van der Waals surface area contributed by atoms with E-state index >= 15 is 0 Å². The molecule has 0 radical (unpaired) electrons. The molecular formula is C26H26O3. The van der Waals surface area contributed by atoms with Gasteiger partial charge >= 0.3 is 0 Å². The molecular weight excluding hydrogens is 360 g/mol. The molecule has 3 nitrogen and oxygen atoms in total. The maximum atomic E-state index is 13.2. The zero-order valence-corrected chi connectivity index (χ0v) is 17.4. The molecule has 0 saturated heterocycles. The lowest BCUT2D eigenvalue weighted by Gasteiger charge is -2.18. The van der Waals surface area contributed by atoms with Gasteiger partial charge < -0.3 is 0 Å². The number of carbonyl (C=O) groups excluding carboxylic acids is 3. The van der Waals surface area contributed by atoms with E-state index in [-0.39, 0.29) is 23.3 Å². The first-order chi connectivity index (χ1) is 13.9. The van der Waals surface area contributed by atoms with Gasteiger partial charge in [0.15, 0.2) is 17.3 Å². The summed E-state index contributed by atoms with van der Waals surface area (Å²) in [5, 5.41) is 1.30. The predicted octanol–water partition coefficient (Wildman–Crippen LogP) is 6.53. The Labute approximate surface area is 171 Å². The predicted molar refractivity (Wildman–Crippen MR) is 118 cm³/mol. The van der Waals surface area contributed by atoms with Gasteiger partial charge in [0.25, 0.3) is 0 Å². The maximum Gasteiger partial charge on any atom is 0.166 e. The van der Waals surface area contributed by atoms with Gasteiger partial charge in [0.2, 0.25) is 0 Å². The highest BCUT2D eigenvalue weighted by Crippen LogP contribution is 2.37. The van der Waals surface area contributed by atoms with Crippen LogP contribution < -0.4 is 0 Å². The molecule has 29 heavy (non-hydrogen) atoms. The highest BCUT2D eigenvalue weighted by Gasteiger charge is 2.24. The van der Waals surface area contributed by atoms with Gasteiger partial charge in [-0.1, -0.05) is 75.4 Å². The van der Waals surface area contributed by atoms with E-state index in [1.165, 1.54) is 6.92 Å². The van der Waals surface area contributed by atoms with Gasteiger partial charge in [-0.05, 0) is 24.5 Å². The molecule has 0 fully saturated rings. The number of ketones is 3. The largest absolute Gasteiger partial charge is 0.294 e. The molecule has 1 atom stereocenters. The average molecular weight is 386 g/mol. The lowest BCUT2D eigenvalue weighted by Crippen LogP contribution is -2.13.